The number of thioether (sulfide) groups is 1. The average Bonchev–Trinajstić information content (AvgIpc) is 3.00. The van der Waals surface area contributed by atoms with E-state index in [-0.39, 0.29) is 11.3 Å². The molecule has 0 fully saturated rings. The Labute approximate surface area is 183 Å². The van der Waals surface area contributed by atoms with Crippen LogP contribution in [0.2, 0.25) is 0 Å². The van der Waals surface area contributed by atoms with Crippen LogP contribution in [0.1, 0.15) is 16.7 Å². The summed E-state index contributed by atoms with van der Waals surface area (Å²) in [6.07, 6.45) is 0. The van der Waals surface area contributed by atoms with E-state index in [0.29, 0.717) is 16.2 Å². The highest BCUT2D eigenvalue weighted by atomic mass is 32.2. The lowest BCUT2D eigenvalue weighted by Gasteiger charge is -2.18. The molecule has 1 heterocycles. The van der Waals surface area contributed by atoms with Crippen LogP contribution in [0.15, 0.2) is 82.6 Å². The van der Waals surface area contributed by atoms with Crippen LogP contribution in [0.4, 0.5) is 11.4 Å². The van der Waals surface area contributed by atoms with Gasteiger partial charge in [-0.1, -0.05) is 42.1 Å². The first kappa shape index (κ1) is 20.6. The highest BCUT2D eigenvalue weighted by molar-refractivity contribution is 8.04. The second-order valence-corrected chi connectivity index (χ2v) is 8.24. The lowest BCUT2D eigenvalue weighted by molar-refractivity contribution is -0.384. The van der Waals surface area contributed by atoms with Crippen molar-refractivity contribution in [3.63, 3.8) is 0 Å². The van der Waals surface area contributed by atoms with Crippen molar-refractivity contribution in [2.45, 2.75) is 18.7 Å². The largest absolute Gasteiger partial charge is 0.272 e. The van der Waals surface area contributed by atoms with Crippen LogP contribution in [-0.2, 0) is 9.59 Å². The van der Waals surface area contributed by atoms with Gasteiger partial charge in [0.2, 0.25) is 0 Å². The Morgan fingerprint density at radius 2 is 1.55 bits per heavy atom. The zero-order valence-corrected chi connectivity index (χ0v) is 17.7. The quantitative estimate of drug-likeness (QED) is 0.312. The summed E-state index contributed by atoms with van der Waals surface area (Å²) < 4.78 is 0. The van der Waals surface area contributed by atoms with Gasteiger partial charge in [-0.3, -0.25) is 19.7 Å². The van der Waals surface area contributed by atoms with Crippen LogP contribution in [0.5, 0.6) is 0 Å². The molecule has 154 valence electrons. The number of anilines is 1. The smallest absolute Gasteiger partial charge is 0.268 e. The molecule has 4 rings (SSSR count). The Bertz CT molecular complexity index is 1230. The Kier molecular flexibility index (Phi) is 5.44. The maximum Gasteiger partial charge on any atom is 0.272 e. The third-order valence-electron chi connectivity index (χ3n) is 4.98. The van der Waals surface area contributed by atoms with Gasteiger partial charge < -0.3 is 0 Å². The van der Waals surface area contributed by atoms with Gasteiger partial charge in [-0.25, -0.2) is 4.90 Å². The fourth-order valence-corrected chi connectivity index (χ4v) is 4.41. The highest BCUT2D eigenvalue weighted by Gasteiger charge is 2.41. The van der Waals surface area contributed by atoms with E-state index < -0.39 is 16.7 Å². The van der Waals surface area contributed by atoms with Gasteiger partial charge >= 0.3 is 0 Å². The molecule has 0 saturated carbocycles. The molecule has 6 nitrogen and oxygen atoms in total. The molecule has 0 bridgehead atoms. The highest BCUT2D eigenvalue weighted by Crippen LogP contribution is 2.42. The molecule has 1 aliphatic heterocycles. The van der Waals surface area contributed by atoms with Crippen LogP contribution in [0.25, 0.3) is 5.57 Å². The molecule has 0 radical (unpaired) electrons. The second-order valence-electron chi connectivity index (χ2n) is 7.16. The van der Waals surface area contributed by atoms with Gasteiger partial charge in [-0.15, -0.1) is 0 Å². The predicted molar refractivity (Wildman–Crippen MR) is 121 cm³/mol. The molecule has 0 unspecified atom stereocenters. The fraction of sp³-hybridized carbons (Fsp3) is 0.0833. The number of hydrogen-bond donors (Lipinski definition) is 0. The summed E-state index contributed by atoms with van der Waals surface area (Å²) in [5, 5.41) is 11.0. The van der Waals surface area contributed by atoms with Crippen molar-refractivity contribution in [3.8, 4) is 0 Å². The van der Waals surface area contributed by atoms with Crippen molar-refractivity contribution < 1.29 is 14.5 Å². The number of aryl methyl sites for hydroxylation is 2. The number of nitro benzene ring substituents is 1. The van der Waals surface area contributed by atoms with E-state index in [1.165, 1.54) is 40.9 Å². The van der Waals surface area contributed by atoms with Crippen molar-refractivity contribution in [2.75, 3.05) is 4.90 Å². The van der Waals surface area contributed by atoms with Gasteiger partial charge in [0, 0.05) is 17.0 Å². The van der Waals surface area contributed by atoms with E-state index in [1.807, 2.05) is 62.4 Å². The van der Waals surface area contributed by atoms with Crippen LogP contribution in [0.3, 0.4) is 0 Å². The number of non-ortho nitro benzene ring substituents is 1. The molecule has 3 aromatic carbocycles. The van der Waals surface area contributed by atoms with E-state index in [0.717, 1.165) is 16.0 Å². The lowest BCUT2D eigenvalue weighted by Crippen LogP contribution is -2.32. The monoisotopic (exact) mass is 430 g/mol. The van der Waals surface area contributed by atoms with E-state index in [9.17, 15) is 19.7 Å². The van der Waals surface area contributed by atoms with Gasteiger partial charge in [0.25, 0.3) is 17.5 Å². The number of amides is 2. The fourth-order valence-electron chi connectivity index (χ4n) is 3.39. The zero-order valence-electron chi connectivity index (χ0n) is 16.9. The minimum atomic E-state index is -0.498. The van der Waals surface area contributed by atoms with Crippen molar-refractivity contribution in [2.24, 2.45) is 0 Å². The molecule has 0 aliphatic carbocycles. The molecular weight excluding hydrogens is 412 g/mol. The van der Waals surface area contributed by atoms with Crippen molar-refractivity contribution in [1.29, 1.82) is 0 Å². The number of carbonyl (C=O) groups is 2. The molecule has 1 aliphatic rings. The topological polar surface area (TPSA) is 80.5 Å². The number of hydrogen-bond acceptors (Lipinski definition) is 5. The first-order valence-corrected chi connectivity index (χ1v) is 10.4. The second kappa shape index (κ2) is 8.20. The summed E-state index contributed by atoms with van der Waals surface area (Å²) in [6, 6.07) is 20.6. The van der Waals surface area contributed by atoms with Crippen molar-refractivity contribution in [1.82, 2.24) is 0 Å². The van der Waals surface area contributed by atoms with Gasteiger partial charge in [-0.2, -0.15) is 0 Å². The predicted octanol–water partition coefficient (Wildman–Crippen LogP) is 5.29. The molecule has 3 aromatic rings. The summed E-state index contributed by atoms with van der Waals surface area (Å²) >= 11 is 1.22. The minimum absolute atomic E-state index is 0.0789. The molecule has 0 spiro atoms. The minimum Gasteiger partial charge on any atom is -0.268 e. The average molecular weight is 430 g/mol. The van der Waals surface area contributed by atoms with Crippen LogP contribution in [0, 0.1) is 24.0 Å². The van der Waals surface area contributed by atoms with E-state index in [1.54, 1.807) is 0 Å². The number of carbonyl (C=O) groups excluding carboxylic acids is 2. The van der Waals surface area contributed by atoms with Crippen LogP contribution in [-0.4, -0.2) is 16.7 Å². The van der Waals surface area contributed by atoms with E-state index in [2.05, 4.69) is 0 Å². The zero-order chi connectivity index (χ0) is 22.1. The molecule has 7 heteroatoms. The summed E-state index contributed by atoms with van der Waals surface area (Å²) in [6.45, 7) is 3.75. The Balaban J connectivity index is 1.84. The molecule has 0 atom stereocenters. The molecule has 2 amide bonds. The normalized spacial score (nSPS) is 13.8. The van der Waals surface area contributed by atoms with Crippen molar-refractivity contribution in [3.05, 3.63) is 105 Å². The Morgan fingerprint density at radius 1 is 0.871 bits per heavy atom. The van der Waals surface area contributed by atoms with Gasteiger partial charge in [0.1, 0.15) is 0 Å². The van der Waals surface area contributed by atoms with Gasteiger partial charge in [0.15, 0.2) is 0 Å². The third kappa shape index (κ3) is 3.87. The van der Waals surface area contributed by atoms with E-state index >= 15 is 0 Å². The molecular formula is C24H18N2O4S. The number of imide groups is 1. The summed E-state index contributed by atoms with van der Waals surface area (Å²) in [5.74, 6) is -0.841. The summed E-state index contributed by atoms with van der Waals surface area (Å²) in [4.78, 5) is 39.8. The Morgan fingerprint density at radius 3 is 2.19 bits per heavy atom. The van der Waals surface area contributed by atoms with Crippen LogP contribution < -0.4 is 4.90 Å². The maximum absolute atomic E-state index is 13.5. The standard InChI is InChI=1S/C24H18N2O4S/c1-15-8-9-16(2)20(14-15)25-23(27)21(17-10-12-18(13-11-17)26(29)30)22(24(25)28)31-19-6-4-3-5-7-19/h3-14H,1-2H3. The lowest BCUT2D eigenvalue weighted by atomic mass is 10.1. The number of rotatable bonds is 5. The van der Waals surface area contributed by atoms with Gasteiger partial charge in [0.05, 0.1) is 21.1 Å². The van der Waals surface area contributed by atoms with Crippen molar-refractivity contribution >= 4 is 40.5 Å². The summed E-state index contributed by atoms with van der Waals surface area (Å²) in [7, 11) is 0. The molecule has 0 saturated heterocycles. The third-order valence-corrected chi connectivity index (χ3v) is 6.07. The Hall–Kier alpha value is -3.71. The molecule has 0 aromatic heterocycles. The SMILES string of the molecule is Cc1ccc(C)c(N2C(=O)C(Sc3ccccc3)=C(c3ccc([N+](=O)[O-])cc3)C2=O)c1. The molecule has 31 heavy (non-hydrogen) atoms. The number of nitrogens with zero attached hydrogens (tertiary/aromatic N) is 2. The number of benzene rings is 3. The number of nitro groups is 1. The first-order chi connectivity index (χ1) is 14.9. The van der Waals surface area contributed by atoms with E-state index in [4.69, 9.17) is 0 Å². The van der Waals surface area contributed by atoms with Crippen LogP contribution >= 0.6 is 11.8 Å². The molecule has 0 N–H and O–H groups in total. The van der Waals surface area contributed by atoms with Gasteiger partial charge in [-0.05, 0) is 60.9 Å². The summed E-state index contributed by atoms with van der Waals surface area (Å²) in [5.41, 5.74) is 2.91. The maximum atomic E-state index is 13.5. The first-order valence-electron chi connectivity index (χ1n) is 9.55.